The van der Waals surface area contributed by atoms with Crippen LogP contribution in [0, 0.1) is 11.3 Å². The van der Waals surface area contributed by atoms with Crippen molar-refractivity contribution in [1.82, 2.24) is 0 Å². The predicted octanol–water partition coefficient (Wildman–Crippen LogP) is 1.93. The summed E-state index contributed by atoms with van der Waals surface area (Å²) in [6.45, 7) is 1.79. The quantitative estimate of drug-likeness (QED) is 0.582. The first-order valence-electron chi connectivity index (χ1n) is 4.48. The number of para-hydroxylation sites is 1. The zero-order valence-corrected chi connectivity index (χ0v) is 8.08. The number of nitriles is 1. The number of ketones is 1. The van der Waals surface area contributed by atoms with Gasteiger partial charge < -0.3 is 5.73 Å². The van der Waals surface area contributed by atoms with E-state index in [1.165, 1.54) is 0 Å². The van der Waals surface area contributed by atoms with Crippen LogP contribution in [0.15, 0.2) is 18.2 Å². The molecule has 0 atom stereocenters. The van der Waals surface area contributed by atoms with Gasteiger partial charge in [-0.05, 0) is 11.6 Å². The van der Waals surface area contributed by atoms with Gasteiger partial charge in [-0.1, -0.05) is 19.1 Å². The van der Waals surface area contributed by atoms with E-state index in [4.69, 9.17) is 11.0 Å². The van der Waals surface area contributed by atoms with Gasteiger partial charge >= 0.3 is 0 Å². The maximum absolute atomic E-state index is 11.4. The fourth-order valence-electron chi connectivity index (χ4n) is 1.29. The number of nitrogens with two attached hydrogens (primary N) is 1. The van der Waals surface area contributed by atoms with Crippen molar-refractivity contribution < 1.29 is 4.79 Å². The lowest BCUT2D eigenvalue weighted by molar-refractivity contribution is 0.0989. The fourth-order valence-corrected chi connectivity index (χ4v) is 1.29. The van der Waals surface area contributed by atoms with Gasteiger partial charge in [-0.3, -0.25) is 4.79 Å². The molecule has 3 heteroatoms. The second-order valence-corrected chi connectivity index (χ2v) is 2.99. The second kappa shape index (κ2) is 4.43. The number of hydrogen-bond acceptors (Lipinski definition) is 3. The number of Topliss-reactive ketones (excluding diaryl/α,β-unsaturated/α-hetero) is 1. The van der Waals surface area contributed by atoms with Crippen molar-refractivity contribution in [3.05, 3.63) is 29.3 Å². The first-order chi connectivity index (χ1) is 6.70. The lowest BCUT2D eigenvalue weighted by Gasteiger charge is -2.06. The van der Waals surface area contributed by atoms with E-state index in [-0.39, 0.29) is 12.2 Å². The standard InChI is InChI=1S/C11H12N2O/c1-2-10(14)9-5-3-4-8(6-7-12)11(9)13/h3-5H,2,6,13H2,1H3. The Morgan fingerprint density at radius 3 is 2.86 bits per heavy atom. The van der Waals surface area contributed by atoms with Crippen LogP contribution in [0.1, 0.15) is 29.3 Å². The Kier molecular flexibility index (Phi) is 3.24. The molecule has 0 aromatic heterocycles. The molecule has 0 saturated carbocycles. The third-order valence-electron chi connectivity index (χ3n) is 2.09. The smallest absolute Gasteiger partial charge is 0.164 e. The van der Waals surface area contributed by atoms with Gasteiger partial charge in [-0.25, -0.2) is 0 Å². The Hall–Kier alpha value is -1.82. The highest BCUT2D eigenvalue weighted by molar-refractivity contribution is 6.01. The van der Waals surface area contributed by atoms with E-state index >= 15 is 0 Å². The van der Waals surface area contributed by atoms with Crippen LogP contribution in [0.3, 0.4) is 0 Å². The first kappa shape index (κ1) is 10.3. The minimum absolute atomic E-state index is 0.0160. The topological polar surface area (TPSA) is 66.9 Å². The van der Waals surface area contributed by atoms with E-state index in [0.29, 0.717) is 17.7 Å². The maximum atomic E-state index is 11.4. The van der Waals surface area contributed by atoms with E-state index in [1.54, 1.807) is 25.1 Å². The Labute approximate surface area is 83.2 Å². The van der Waals surface area contributed by atoms with Gasteiger partial charge in [-0.15, -0.1) is 0 Å². The number of rotatable bonds is 3. The normalized spacial score (nSPS) is 9.43. The summed E-state index contributed by atoms with van der Waals surface area (Å²) in [4.78, 5) is 11.4. The van der Waals surface area contributed by atoms with E-state index in [1.807, 2.05) is 6.07 Å². The Balaban J connectivity index is 3.15. The average Bonchev–Trinajstić information content (AvgIpc) is 2.20. The molecule has 3 nitrogen and oxygen atoms in total. The Morgan fingerprint density at radius 2 is 2.29 bits per heavy atom. The summed E-state index contributed by atoms with van der Waals surface area (Å²) >= 11 is 0. The van der Waals surface area contributed by atoms with E-state index in [0.717, 1.165) is 5.56 Å². The van der Waals surface area contributed by atoms with Crippen molar-refractivity contribution >= 4 is 11.5 Å². The molecule has 1 aromatic carbocycles. The van der Waals surface area contributed by atoms with Crippen molar-refractivity contribution in [2.45, 2.75) is 19.8 Å². The van der Waals surface area contributed by atoms with Gasteiger partial charge in [0.15, 0.2) is 5.78 Å². The number of carbonyl (C=O) groups excluding carboxylic acids is 1. The summed E-state index contributed by atoms with van der Waals surface area (Å²) in [5.41, 5.74) is 7.48. The number of benzene rings is 1. The highest BCUT2D eigenvalue weighted by Crippen LogP contribution is 2.19. The van der Waals surface area contributed by atoms with Crippen LogP contribution in [0.25, 0.3) is 0 Å². The molecule has 0 aliphatic heterocycles. The van der Waals surface area contributed by atoms with Crippen LogP contribution in [-0.2, 0) is 6.42 Å². The summed E-state index contributed by atoms with van der Waals surface area (Å²) < 4.78 is 0. The predicted molar refractivity (Wildman–Crippen MR) is 54.8 cm³/mol. The van der Waals surface area contributed by atoms with Crippen LogP contribution < -0.4 is 5.73 Å². The summed E-state index contributed by atoms with van der Waals surface area (Å²) in [6.07, 6.45) is 0.677. The number of anilines is 1. The summed E-state index contributed by atoms with van der Waals surface area (Å²) in [6, 6.07) is 7.24. The molecular formula is C11H12N2O. The Bertz CT molecular complexity index is 391. The van der Waals surface area contributed by atoms with Crippen molar-refractivity contribution in [3.8, 4) is 6.07 Å². The molecule has 1 aromatic rings. The largest absolute Gasteiger partial charge is 0.398 e. The summed E-state index contributed by atoms with van der Waals surface area (Å²) in [7, 11) is 0. The molecule has 0 bridgehead atoms. The van der Waals surface area contributed by atoms with E-state index in [9.17, 15) is 4.79 Å². The van der Waals surface area contributed by atoms with Gasteiger partial charge in [0.2, 0.25) is 0 Å². The van der Waals surface area contributed by atoms with Gasteiger partial charge in [0.25, 0.3) is 0 Å². The van der Waals surface area contributed by atoms with E-state index < -0.39 is 0 Å². The van der Waals surface area contributed by atoms with Crippen molar-refractivity contribution in [1.29, 1.82) is 5.26 Å². The van der Waals surface area contributed by atoms with Crippen LogP contribution in [0.5, 0.6) is 0 Å². The molecule has 0 unspecified atom stereocenters. The van der Waals surface area contributed by atoms with Crippen LogP contribution >= 0.6 is 0 Å². The van der Waals surface area contributed by atoms with Gasteiger partial charge in [-0.2, -0.15) is 5.26 Å². The van der Waals surface area contributed by atoms with Crippen molar-refractivity contribution in [2.24, 2.45) is 0 Å². The van der Waals surface area contributed by atoms with Crippen molar-refractivity contribution in [3.63, 3.8) is 0 Å². The van der Waals surface area contributed by atoms with Crippen LogP contribution in [0.4, 0.5) is 5.69 Å². The minimum Gasteiger partial charge on any atom is -0.398 e. The fraction of sp³-hybridized carbons (Fsp3) is 0.273. The molecule has 2 N–H and O–H groups in total. The molecule has 0 saturated heterocycles. The Morgan fingerprint density at radius 1 is 1.57 bits per heavy atom. The number of nitrogens with zero attached hydrogens (tertiary/aromatic N) is 1. The average molecular weight is 188 g/mol. The molecule has 1 rings (SSSR count). The molecule has 0 amide bonds. The maximum Gasteiger partial charge on any atom is 0.164 e. The third-order valence-corrected chi connectivity index (χ3v) is 2.09. The molecule has 14 heavy (non-hydrogen) atoms. The summed E-state index contributed by atoms with van der Waals surface area (Å²) in [5.74, 6) is 0.0160. The van der Waals surface area contributed by atoms with Crippen molar-refractivity contribution in [2.75, 3.05) is 5.73 Å². The zero-order chi connectivity index (χ0) is 10.6. The van der Waals surface area contributed by atoms with Gasteiger partial charge in [0.05, 0.1) is 12.5 Å². The molecule has 0 radical (unpaired) electrons. The third kappa shape index (κ3) is 1.91. The molecule has 0 spiro atoms. The SMILES string of the molecule is CCC(=O)c1cccc(CC#N)c1N. The highest BCUT2D eigenvalue weighted by Gasteiger charge is 2.09. The summed E-state index contributed by atoms with van der Waals surface area (Å²) in [5, 5.41) is 8.54. The molecule has 0 aliphatic rings. The van der Waals surface area contributed by atoms with Crippen LogP contribution in [0.2, 0.25) is 0 Å². The molecule has 0 heterocycles. The van der Waals surface area contributed by atoms with E-state index in [2.05, 4.69) is 0 Å². The highest BCUT2D eigenvalue weighted by atomic mass is 16.1. The number of carbonyl (C=O) groups is 1. The molecule has 0 fully saturated rings. The molecular weight excluding hydrogens is 176 g/mol. The number of hydrogen-bond donors (Lipinski definition) is 1. The lowest BCUT2D eigenvalue weighted by Crippen LogP contribution is -2.05. The lowest BCUT2D eigenvalue weighted by atomic mass is 10.0. The van der Waals surface area contributed by atoms with Gasteiger partial charge in [0, 0.05) is 17.7 Å². The minimum atomic E-state index is 0.0160. The first-order valence-corrected chi connectivity index (χ1v) is 4.48. The van der Waals surface area contributed by atoms with Gasteiger partial charge in [0.1, 0.15) is 0 Å². The second-order valence-electron chi connectivity index (χ2n) is 2.99. The monoisotopic (exact) mass is 188 g/mol. The zero-order valence-electron chi connectivity index (χ0n) is 8.08. The molecule has 0 aliphatic carbocycles. The van der Waals surface area contributed by atoms with Crippen LogP contribution in [-0.4, -0.2) is 5.78 Å². The number of nitrogen functional groups attached to an aromatic ring is 1. The molecule has 72 valence electrons.